The molecule has 0 heterocycles. The molecule has 0 aromatic heterocycles. The Morgan fingerprint density at radius 3 is 2.26 bits per heavy atom. The van der Waals surface area contributed by atoms with Crippen LogP contribution in [-0.4, -0.2) is 29.2 Å². The van der Waals surface area contributed by atoms with Gasteiger partial charge in [0.1, 0.15) is 0 Å². The Balaban J connectivity index is 2.34. The van der Waals surface area contributed by atoms with Crippen LogP contribution in [0.3, 0.4) is 0 Å². The summed E-state index contributed by atoms with van der Waals surface area (Å²) in [6.07, 6.45) is 0.655. The van der Waals surface area contributed by atoms with E-state index in [9.17, 15) is 9.59 Å². The number of carbonyl (C=O) groups is 2. The average Bonchev–Trinajstić information content (AvgIpc) is 2.28. The molecule has 0 aliphatic carbocycles. The van der Waals surface area contributed by atoms with Crippen molar-refractivity contribution < 1.29 is 14.7 Å². The van der Waals surface area contributed by atoms with E-state index in [1.165, 1.54) is 0 Å². The van der Waals surface area contributed by atoms with Crippen molar-refractivity contribution in [3.05, 3.63) is 35.9 Å². The summed E-state index contributed by atoms with van der Waals surface area (Å²) in [5, 5.41) is 14.0. The van der Waals surface area contributed by atoms with Gasteiger partial charge in [0.05, 0.1) is 6.42 Å². The molecule has 1 aromatic rings. The molecule has 0 aliphatic rings. The normalized spacial score (nSPS) is 13.4. The molecule has 0 bridgehead atoms. The van der Waals surface area contributed by atoms with Crippen LogP contribution in [0.1, 0.15) is 25.8 Å². The number of hydrogen-bond donors (Lipinski definition) is 3. The number of benzene rings is 1. The first-order valence-corrected chi connectivity index (χ1v) is 6.30. The topological polar surface area (TPSA) is 78.4 Å². The number of carboxylic acid groups (broad SMARTS) is 1. The van der Waals surface area contributed by atoms with E-state index >= 15 is 0 Å². The molecule has 0 saturated heterocycles. The van der Waals surface area contributed by atoms with Crippen molar-refractivity contribution in [2.75, 3.05) is 0 Å². The standard InChI is InChI=1S/C14H20N2O3/c1-10(8-12-6-4-3-5-7-12)15-14(19)16-11(2)9-13(17)18/h3-7,10-11H,8-9H2,1-2H3,(H,17,18)(H2,15,16,19). The van der Waals surface area contributed by atoms with Crippen LogP contribution < -0.4 is 10.6 Å². The van der Waals surface area contributed by atoms with Crippen LogP contribution in [0, 0.1) is 0 Å². The van der Waals surface area contributed by atoms with Crippen LogP contribution in [0.5, 0.6) is 0 Å². The molecule has 2 amide bonds. The summed E-state index contributed by atoms with van der Waals surface area (Å²) in [7, 11) is 0. The van der Waals surface area contributed by atoms with Gasteiger partial charge in [0.2, 0.25) is 0 Å². The molecule has 3 N–H and O–H groups in total. The minimum Gasteiger partial charge on any atom is -0.481 e. The summed E-state index contributed by atoms with van der Waals surface area (Å²) >= 11 is 0. The fourth-order valence-electron chi connectivity index (χ4n) is 1.82. The van der Waals surface area contributed by atoms with E-state index in [-0.39, 0.29) is 24.5 Å². The first-order chi connectivity index (χ1) is 8.97. The Hall–Kier alpha value is -2.04. The second-order valence-corrected chi connectivity index (χ2v) is 4.71. The molecule has 0 spiro atoms. The number of hydrogen-bond acceptors (Lipinski definition) is 2. The number of amides is 2. The second kappa shape index (κ2) is 7.41. The van der Waals surface area contributed by atoms with Crippen molar-refractivity contribution in [1.82, 2.24) is 10.6 Å². The minimum absolute atomic E-state index is 0.0144. The lowest BCUT2D eigenvalue weighted by atomic mass is 10.1. The van der Waals surface area contributed by atoms with E-state index in [2.05, 4.69) is 10.6 Å². The average molecular weight is 264 g/mol. The SMILES string of the molecule is CC(CC(=O)O)NC(=O)NC(C)Cc1ccccc1. The van der Waals surface area contributed by atoms with E-state index in [1.54, 1.807) is 6.92 Å². The molecule has 0 saturated carbocycles. The predicted octanol–water partition coefficient (Wildman–Crippen LogP) is 1.78. The van der Waals surface area contributed by atoms with Crippen molar-refractivity contribution in [3.8, 4) is 0 Å². The van der Waals surface area contributed by atoms with E-state index in [4.69, 9.17) is 5.11 Å². The van der Waals surface area contributed by atoms with E-state index in [0.29, 0.717) is 0 Å². The fourth-order valence-corrected chi connectivity index (χ4v) is 1.82. The Bertz CT molecular complexity index is 420. The lowest BCUT2D eigenvalue weighted by molar-refractivity contribution is -0.137. The summed E-state index contributed by atoms with van der Waals surface area (Å²) in [6.45, 7) is 3.57. The summed E-state index contributed by atoms with van der Waals surface area (Å²) in [5.74, 6) is -0.926. The van der Waals surface area contributed by atoms with Crippen LogP contribution in [0.2, 0.25) is 0 Å². The van der Waals surface area contributed by atoms with E-state index < -0.39 is 5.97 Å². The Labute approximate surface area is 113 Å². The molecule has 0 fully saturated rings. The second-order valence-electron chi connectivity index (χ2n) is 4.71. The Kier molecular flexibility index (Phi) is 5.85. The van der Waals surface area contributed by atoms with Gasteiger partial charge in [0.25, 0.3) is 0 Å². The third-order valence-corrected chi connectivity index (χ3v) is 2.62. The van der Waals surface area contributed by atoms with Gasteiger partial charge in [-0.2, -0.15) is 0 Å². The molecule has 1 aromatic carbocycles. The smallest absolute Gasteiger partial charge is 0.315 e. The highest BCUT2D eigenvalue weighted by Gasteiger charge is 2.12. The zero-order valence-corrected chi connectivity index (χ0v) is 11.2. The monoisotopic (exact) mass is 264 g/mol. The molecule has 5 nitrogen and oxygen atoms in total. The van der Waals surface area contributed by atoms with Gasteiger partial charge in [-0.25, -0.2) is 4.79 Å². The molecule has 2 atom stereocenters. The maximum Gasteiger partial charge on any atom is 0.315 e. The summed E-state index contributed by atoms with van der Waals surface area (Å²) < 4.78 is 0. The lowest BCUT2D eigenvalue weighted by Crippen LogP contribution is -2.45. The van der Waals surface area contributed by atoms with Gasteiger partial charge in [-0.15, -0.1) is 0 Å². The van der Waals surface area contributed by atoms with Gasteiger partial charge < -0.3 is 15.7 Å². The van der Waals surface area contributed by atoms with Crippen molar-refractivity contribution in [2.45, 2.75) is 38.8 Å². The Morgan fingerprint density at radius 2 is 1.68 bits per heavy atom. The van der Waals surface area contributed by atoms with Crippen molar-refractivity contribution >= 4 is 12.0 Å². The number of nitrogens with one attached hydrogen (secondary N) is 2. The largest absolute Gasteiger partial charge is 0.481 e. The van der Waals surface area contributed by atoms with Gasteiger partial charge in [0.15, 0.2) is 0 Å². The fraction of sp³-hybridized carbons (Fsp3) is 0.429. The van der Waals surface area contributed by atoms with Crippen LogP contribution in [0.25, 0.3) is 0 Å². The Morgan fingerprint density at radius 1 is 1.11 bits per heavy atom. The number of urea groups is 1. The summed E-state index contributed by atoms with van der Waals surface area (Å²) in [6, 6.07) is 9.13. The maximum absolute atomic E-state index is 11.6. The van der Waals surface area contributed by atoms with Gasteiger partial charge in [-0.05, 0) is 25.8 Å². The third kappa shape index (κ3) is 6.45. The minimum atomic E-state index is -0.926. The lowest BCUT2D eigenvalue weighted by Gasteiger charge is -2.17. The summed E-state index contributed by atoms with van der Waals surface area (Å²) in [5.41, 5.74) is 1.15. The number of carboxylic acids is 1. The van der Waals surface area contributed by atoms with Crippen LogP contribution >= 0.6 is 0 Å². The predicted molar refractivity (Wildman–Crippen MR) is 73.0 cm³/mol. The molecule has 2 unspecified atom stereocenters. The van der Waals surface area contributed by atoms with Crippen molar-refractivity contribution in [3.63, 3.8) is 0 Å². The van der Waals surface area contributed by atoms with Gasteiger partial charge in [-0.3, -0.25) is 4.79 Å². The van der Waals surface area contributed by atoms with Gasteiger partial charge in [-0.1, -0.05) is 30.3 Å². The highest BCUT2D eigenvalue weighted by atomic mass is 16.4. The van der Waals surface area contributed by atoms with E-state index in [0.717, 1.165) is 12.0 Å². The molecule has 0 aliphatic heterocycles. The molecule has 104 valence electrons. The maximum atomic E-state index is 11.6. The van der Waals surface area contributed by atoms with Crippen molar-refractivity contribution in [1.29, 1.82) is 0 Å². The first-order valence-electron chi connectivity index (χ1n) is 6.30. The molecular weight excluding hydrogens is 244 g/mol. The quantitative estimate of drug-likeness (QED) is 0.733. The van der Waals surface area contributed by atoms with Crippen LogP contribution in [-0.2, 0) is 11.2 Å². The van der Waals surface area contributed by atoms with Gasteiger partial charge >= 0.3 is 12.0 Å². The molecule has 0 radical (unpaired) electrons. The molecular formula is C14H20N2O3. The molecule has 19 heavy (non-hydrogen) atoms. The molecule has 1 rings (SSSR count). The third-order valence-electron chi connectivity index (χ3n) is 2.62. The first kappa shape index (κ1) is 15.0. The number of aliphatic carboxylic acids is 1. The zero-order chi connectivity index (χ0) is 14.3. The highest BCUT2D eigenvalue weighted by Crippen LogP contribution is 2.02. The van der Waals surface area contributed by atoms with Crippen LogP contribution in [0.4, 0.5) is 4.79 Å². The zero-order valence-electron chi connectivity index (χ0n) is 11.2. The van der Waals surface area contributed by atoms with E-state index in [1.807, 2.05) is 37.3 Å². The highest BCUT2D eigenvalue weighted by molar-refractivity contribution is 5.75. The molecule has 5 heteroatoms. The van der Waals surface area contributed by atoms with Crippen molar-refractivity contribution in [2.24, 2.45) is 0 Å². The van der Waals surface area contributed by atoms with Crippen LogP contribution in [0.15, 0.2) is 30.3 Å². The number of rotatable bonds is 6. The summed E-state index contributed by atoms with van der Waals surface area (Å²) in [4.78, 5) is 22.1. The van der Waals surface area contributed by atoms with Gasteiger partial charge in [0, 0.05) is 12.1 Å². The number of carbonyl (C=O) groups excluding carboxylic acids is 1.